The van der Waals surface area contributed by atoms with Crippen molar-refractivity contribution in [3.8, 4) is 11.5 Å². The summed E-state index contributed by atoms with van der Waals surface area (Å²) >= 11 is 18.2. The molecule has 0 unspecified atom stereocenters. The molecule has 6 nitrogen and oxygen atoms in total. The molecule has 1 heterocycles. The number of carbonyl (C=O) groups excluding carboxylic acids is 1. The smallest absolute Gasteiger partial charge is 0.244 e. The van der Waals surface area contributed by atoms with Gasteiger partial charge in [-0.25, -0.2) is 8.42 Å². The monoisotopic (exact) mass is 538 g/mol. The van der Waals surface area contributed by atoms with Gasteiger partial charge in [-0.3, -0.25) is 4.79 Å². The van der Waals surface area contributed by atoms with Gasteiger partial charge in [0.2, 0.25) is 15.9 Å². The molecule has 3 aromatic carbocycles. The molecule has 0 atom stereocenters. The van der Waals surface area contributed by atoms with Gasteiger partial charge in [0.1, 0.15) is 10.6 Å². The molecule has 1 fully saturated rings. The maximum atomic E-state index is 13.0. The van der Waals surface area contributed by atoms with Crippen LogP contribution in [0.1, 0.15) is 12.8 Å². The Bertz CT molecular complexity index is 1290. The van der Waals surface area contributed by atoms with Crippen molar-refractivity contribution in [3.05, 3.63) is 81.8 Å². The van der Waals surface area contributed by atoms with E-state index >= 15 is 0 Å². The SMILES string of the molecule is O=C(Nc1cc(Cl)ccc1Oc1ccccc1)C1CCN(S(=O)(=O)c2cc(Cl)ccc2Cl)CC1. The number of piperidine rings is 1. The van der Waals surface area contributed by atoms with Crippen LogP contribution in [0.5, 0.6) is 11.5 Å². The minimum atomic E-state index is -3.82. The fourth-order valence-electron chi connectivity index (χ4n) is 3.71. The third-order valence-corrected chi connectivity index (χ3v) is 8.36. The molecule has 0 spiro atoms. The molecule has 0 bridgehead atoms. The molecule has 0 saturated carbocycles. The minimum absolute atomic E-state index is 0.0359. The van der Waals surface area contributed by atoms with Crippen molar-refractivity contribution in [1.29, 1.82) is 0 Å². The Labute approximate surface area is 213 Å². The van der Waals surface area contributed by atoms with Crippen LogP contribution in [-0.2, 0) is 14.8 Å². The standard InChI is InChI=1S/C24H21Cl3N2O4S/c25-17-7-9-22(33-19-4-2-1-3-5-19)21(14-17)28-24(30)16-10-12-29(13-11-16)34(31,32)23-15-18(26)6-8-20(23)27/h1-9,14-16H,10-13H2,(H,28,30). The molecule has 1 saturated heterocycles. The Morgan fingerprint density at radius 3 is 2.26 bits per heavy atom. The highest BCUT2D eigenvalue weighted by Gasteiger charge is 2.33. The van der Waals surface area contributed by atoms with Crippen LogP contribution in [0.15, 0.2) is 71.6 Å². The van der Waals surface area contributed by atoms with E-state index in [9.17, 15) is 13.2 Å². The zero-order valence-corrected chi connectivity index (χ0v) is 21.0. The maximum Gasteiger partial charge on any atom is 0.244 e. The quantitative estimate of drug-likeness (QED) is 0.389. The number of rotatable bonds is 6. The summed E-state index contributed by atoms with van der Waals surface area (Å²) in [6.07, 6.45) is 0.720. The summed E-state index contributed by atoms with van der Waals surface area (Å²) in [5.74, 6) is 0.487. The Morgan fingerprint density at radius 2 is 1.56 bits per heavy atom. The summed E-state index contributed by atoms with van der Waals surface area (Å²) in [7, 11) is -3.82. The molecule has 4 rings (SSSR count). The summed E-state index contributed by atoms with van der Waals surface area (Å²) < 4.78 is 33.3. The predicted molar refractivity (Wildman–Crippen MR) is 135 cm³/mol. The number of nitrogens with one attached hydrogen (secondary N) is 1. The Morgan fingerprint density at radius 1 is 0.912 bits per heavy atom. The third kappa shape index (κ3) is 5.67. The molecule has 1 aliphatic heterocycles. The van der Waals surface area contributed by atoms with Crippen molar-refractivity contribution in [2.24, 2.45) is 5.92 Å². The molecule has 0 aliphatic carbocycles. The maximum absolute atomic E-state index is 13.0. The lowest BCUT2D eigenvalue weighted by Gasteiger charge is -2.31. The number of halogens is 3. The van der Waals surface area contributed by atoms with Gasteiger partial charge in [-0.15, -0.1) is 0 Å². The summed E-state index contributed by atoms with van der Waals surface area (Å²) in [6, 6.07) is 18.5. The lowest BCUT2D eigenvalue weighted by atomic mass is 9.97. The van der Waals surface area contributed by atoms with E-state index in [0.29, 0.717) is 35.1 Å². The molecule has 0 radical (unpaired) electrons. The molecule has 3 aromatic rings. The van der Waals surface area contributed by atoms with Crippen molar-refractivity contribution < 1.29 is 17.9 Å². The van der Waals surface area contributed by atoms with Gasteiger partial charge in [0.25, 0.3) is 0 Å². The first-order valence-corrected chi connectivity index (χ1v) is 13.1. The normalized spacial score (nSPS) is 15.1. The number of carbonyl (C=O) groups is 1. The molecule has 1 N–H and O–H groups in total. The average molecular weight is 540 g/mol. The zero-order chi connectivity index (χ0) is 24.3. The molecular weight excluding hydrogens is 519 g/mol. The number of para-hydroxylation sites is 1. The van der Waals surface area contributed by atoms with Crippen LogP contribution in [-0.4, -0.2) is 31.7 Å². The second-order valence-corrected chi connectivity index (χ2v) is 11.0. The van der Waals surface area contributed by atoms with E-state index in [2.05, 4.69) is 5.32 Å². The largest absolute Gasteiger partial charge is 0.455 e. The van der Waals surface area contributed by atoms with E-state index in [1.165, 1.54) is 22.5 Å². The van der Waals surface area contributed by atoms with Crippen molar-refractivity contribution >= 4 is 56.4 Å². The van der Waals surface area contributed by atoms with Crippen LogP contribution in [0.3, 0.4) is 0 Å². The number of sulfonamides is 1. The number of hydrogen-bond acceptors (Lipinski definition) is 4. The third-order valence-electron chi connectivity index (χ3n) is 5.51. The summed E-state index contributed by atoms with van der Waals surface area (Å²) in [4.78, 5) is 13.0. The fraction of sp³-hybridized carbons (Fsp3) is 0.208. The van der Waals surface area contributed by atoms with Crippen molar-refractivity contribution in [2.75, 3.05) is 18.4 Å². The predicted octanol–water partition coefficient (Wildman–Crippen LogP) is 6.48. The first-order chi connectivity index (χ1) is 16.2. The highest BCUT2D eigenvalue weighted by molar-refractivity contribution is 7.89. The second-order valence-electron chi connectivity index (χ2n) is 7.80. The topological polar surface area (TPSA) is 75.7 Å². The van der Waals surface area contributed by atoms with E-state index in [1.54, 1.807) is 18.2 Å². The number of anilines is 1. The Balaban J connectivity index is 1.43. The highest BCUT2D eigenvalue weighted by atomic mass is 35.5. The first-order valence-electron chi connectivity index (χ1n) is 10.5. The Kier molecular flexibility index (Phi) is 7.70. The van der Waals surface area contributed by atoms with E-state index in [0.717, 1.165) is 0 Å². The lowest BCUT2D eigenvalue weighted by molar-refractivity contribution is -0.120. The van der Waals surface area contributed by atoms with Crippen molar-refractivity contribution in [1.82, 2.24) is 4.31 Å². The Hall–Kier alpha value is -2.29. The van der Waals surface area contributed by atoms with Crippen LogP contribution in [0.2, 0.25) is 15.1 Å². The van der Waals surface area contributed by atoms with Crippen LogP contribution in [0.4, 0.5) is 5.69 Å². The lowest BCUT2D eigenvalue weighted by Crippen LogP contribution is -2.41. The van der Waals surface area contributed by atoms with Crippen LogP contribution in [0, 0.1) is 5.92 Å². The van der Waals surface area contributed by atoms with Gasteiger partial charge in [0.05, 0.1) is 10.7 Å². The van der Waals surface area contributed by atoms with Gasteiger partial charge < -0.3 is 10.1 Å². The first kappa shape index (κ1) is 24.8. The summed E-state index contributed by atoms with van der Waals surface area (Å²) in [5.41, 5.74) is 0.446. The fourth-order valence-corrected chi connectivity index (χ4v) is 6.09. The molecule has 0 aromatic heterocycles. The van der Waals surface area contributed by atoms with Crippen LogP contribution in [0.25, 0.3) is 0 Å². The molecule has 10 heteroatoms. The number of amides is 1. The van der Waals surface area contributed by atoms with Gasteiger partial charge in [-0.05, 0) is 61.4 Å². The molecule has 34 heavy (non-hydrogen) atoms. The van der Waals surface area contributed by atoms with Gasteiger partial charge in [-0.1, -0.05) is 53.0 Å². The molecule has 178 valence electrons. The van der Waals surface area contributed by atoms with Crippen molar-refractivity contribution in [3.63, 3.8) is 0 Å². The van der Waals surface area contributed by atoms with E-state index < -0.39 is 10.0 Å². The van der Waals surface area contributed by atoms with Crippen molar-refractivity contribution in [2.45, 2.75) is 17.7 Å². The van der Waals surface area contributed by atoms with Gasteiger partial charge >= 0.3 is 0 Å². The highest BCUT2D eigenvalue weighted by Crippen LogP contribution is 2.34. The van der Waals surface area contributed by atoms with Crippen LogP contribution >= 0.6 is 34.8 Å². The van der Waals surface area contributed by atoms with Crippen LogP contribution < -0.4 is 10.1 Å². The average Bonchev–Trinajstić information content (AvgIpc) is 2.83. The van der Waals surface area contributed by atoms with Gasteiger partial charge in [-0.2, -0.15) is 4.31 Å². The van der Waals surface area contributed by atoms with E-state index in [-0.39, 0.29) is 39.9 Å². The molecule has 1 aliphatic rings. The molecular formula is C24H21Cl3N2O4S. The summed E-state index contributed by atoms with van der Waals surface area (Å²) in [6.45, 7) is 0.373. The number of benzene rings is 3. The zero-order valence-electron chi connectivity index (χ0n) is 17.9. The number of hydrogen-bond donors (Lipinski definition) is 1. The number of ether oxygens (including phenoxy) is 1. The number of nitrogens with zero attached hydrogens (tertiary/aromatic N) is 1. The molecule has 1 amide bonds. The van der Waals surface area contributed by atoms with Gasteiger partial charge in [0.15, 0.2) is 5.75 Å². The van der Waals surface area contributed by atoms with Gasteiger partial charge in [0, 0.05) is 29.1 Å². The second kappa shape index (κ2) is 10.5. The van der Waals surface area contributed by atoms with E-state index in [4.69, 9.17) is 39.5 Å². The summed E-state index contributed by atoms with van der Waals surface area (Å²) in [5, 5.41) is 3.73. The van der Waals surface area contributed by atoms with E-state index in [1.807, 2.05) is 30.3 Å². The minimum Gasteiger partial charge on any atom is -0.455 e.